The van der Waals surface area contributed by atoms with Crippen LogP contribution in [0.5, 0.6) is 0 Å². The topological polar surface area (TPSA) is 157 Å². The summed E-state index contributed by atoms with van der Waals surface area (Å²) in [6.07, 6.45) is 7.40. The molecule has 1 saturated heterocycles. The molecule has 3 rings (SSSR count). The molecule has 2 fully saturated rings. The van der Waals surface area contributed by atoms with Crippen molar-refractivity contribution in [2.24, 2.45) is 11.7 Å². The minimum absolute atomic E-state index is 0.170. The van der Waals surface area contributed by atoms with Crippen molar-refractivity contribution in [3.63, 3.8) is 0 Å². The minimum Gasteiger partial charge on any atom is -0.370 e. The maximum Gasteiger partial charge on any atom is 0.251 e. The number of benzene rings is 1. The summed E-state index contributed by atoms with van der Waals surface area (Å²) in [6.45, 7) is -0.559. The van der Waals surface area contributed by atoms with Crippen LogP contribution in [-0.4, -0.2) is 72.3 Å². The molecular weight excluding hydrogens is 583 g/mol. The van der Waals surface area contributed by atoms with Crippen molar-refractivity contribution in [2.45, 2.75) is 82.3 Å². The second kappa shape index (κ2) is 15.7. The molecule has 1 aromatic rings. The van der Waals surface area contributed by atoms with Gasteiger partial charge in [0.2, 0.25) is 11.8 Å². The molecule has 2 aliphatic rings. The number of carbonyl (C=O) groups excluding carboxylic acids is 4. The van der Waals surface area contributed by atoms with Gasteiger partial charge in [0.15, 0.2) is 11.7 Å². The maximum absolute atomic E-state index is 13.9. The highest BCUT2D eigenvalue weighted by atomic mass is 79.9. The number of ketones is 1. The van der Waals surface area contributed by atoms with Crippen LogP contribution < -0.4 is 21.7 Å². The first-order chi connectivity index (χ1) is 19.2. The van der Waals surface area contributed by atoms with Gasteiger partial charge in [-0.15, -0.1) is 0 Å². The van der Waals surface area contributed by atoms with Crippen LogP contribution in [0.3, 0.4) is 0 Å². The molecule has 0 bridgehead atoms. The summed E-state index contributed by atoms with van der Waals surface area (Å²) in [6, 6.07) is 4.25. The summed E-state index contributed by atoms with van der Waals surface area (Å²) in [5.41, 5.74) is 5.70. The smallest absolute Gasteiger partial charge is 0.251 e. The molecule has 1 heterocycles. The van der Waals surface area contributed by atoms with E-state index in [-0.39, 0.29) is 24.2 Å². The van der Waals surface area contributed by atoms with Crippen LogP contribution in [0.25, 0.3) is 0 Å². The van der Waals surface area contributed by atoms with Crippen LogP contribution in [0.15, 0.2) is 28.7 Å². The fourth-order valence-electron chi connectivity index (χ4n) is 5.53. The zero-order valence-electron chi connectivity index (χ0n) is 22.7. The average Bonchev–Trinajstić information content (AvgIpc) is 3.44. The Morgan fingerprint density at radius 3 is 2.38 bits per heavy atom. The van der Waals surface area contributed by atoms with E-state index in [1.165, 1.54) is 4.90 Å². The normalized spacial score (nSPS) is 18.9. The van der Waals surface area contributed by atoms with Crippen LogP contribution in [0.2, 0.25) is 0 Å². The van der Waals surface area contributed by atoms with E-state index in [9.17, 15) is 23.6 Å². The lowest BCUT2D eigenvalue weighted by molar-refractivity contribution is -0.141. The van der Waals surface area contributed by atoms with E-state index in [0.29, 0.717) is 50.3 Å². The fraction of sp³-hybridized carbons (Fsp3) is 0.607. The maximum atomic E-state index is 13.9. The first kappa shape index (κ1) is 31.5. The van der Waals surface area contributed by atoms with Gasteiger partial charge in [-0.2, -0.15) is 0 Å². The third-order valence-electron chi connectivity index (χ3n) is 7.66. The second-order valence-electron chi connectivity index (χ2n) is 10.6. The molecule has 3 atom stereocenters. The molecule has 220 valence electrons. The van der Waals surface area contributed by atoms with Gasteiger partial charge in [-0.05, 0) is 62.3 Å². The van der Waals surface area contributed by atoms with Crippen LogP contribution in [0.4, 0.5) is 4.39 Å². The van der Waals surface area contributed by atoms with Crippen LogP contribution >= 0.6 is 15.9 Å². The number of guanidine groups is 1. The molecule has 0 radical (unpaired) electrons. The van der Waals surface area contributed by atoms with Gasteiger partial charge in [0.25, 0.3) is 5.91 Å². The number of hydrogen-bond acceptors (Lipinski definition) is 5. The third kappa shape index (κ3) is 9.28. The van der Waals surface area contributed by atoms with Crippen LogP contribution in [0, 0.1) is 11.3 Å². The van der Waals surface area contributed by atoms with Gasteiger partial charge in [-0.25, -0.2) is 4.39 Å². The van der Waals surface area contributed by atoms with E-state index in [2.05, 4.69) is 31.9 Å². The van der Waals surface area contributed by atoms with Crippen molar-refractivity contribution >= 4 is 45.4 Å². The van der Waals surface area contributed by atoms with Gasteiger partial charge >= 0.3 is 0 Å². The Bertz CT molecular complexity index is 1050. The molecule has 1 aliphatic heterocycles. The molecule has 40 heavy (non-hydrogen) atoms. The first-order valence-corrected chi connectivity index (χ1v) is 14.8. The zero-order chi connectivity index (χ0) is 29.1. The molecule has 6 N–H and O–H groups in total. The summed E-state index contributed by atoms with van der Waals surface area (Å²) < 4.78 is 14.1. The number of amides is 3. The zero-order valence-corrected chi connectivity index (χ0v) is 24.3. The predicted molar refractivity (Wildman–Crippen MR) is 153 cm³/mol. The number of carbonyl (C=O) groups is 4. The number of Topliss-reactive ketones (excluding diaryl/α,β-unsaturated/α-hetero) is 1. The molecular formula is C28H40BrFN6O4. The van der Waals surface area contributed by atoms with Gasteiger partial charge in [0, 0.05) is 23.1 Å². The van der Waals surface area contributed by atoms with Crippen molar-refractivity contribution in [1.82, 2.24) is 20.9 Å². The Morgan fingerprint density at radius 2 is 1.73 bits per heavy atom. The lowest BCUT2D eigenvalue weighted by Crippen LogP contribution is -2.55. The van der Waals surface area contributed by atoms with Crippen molar-refractivity contribution in [2.75, 3.05) is 19.8 Å². The van der Waals surface area contributed by atoms with E-state index in [0.717, 1.165) is 36.6 Å². The van der Waals surface area contributed by atoms with Crippen molar-refractivity contribution in [1.29, 1.82) is 5.41 Å². The Labute approximate surface area is 243 Å². The molecule has 1 saturated carbocycles. The fourth-order valence-corrected chi connectivity index (χ4v) is 5.79. The van der Waals surface area contributed by atoms with Crippen molar-refractivity contribution < 1.29 is 23.6 Å². The second-order valence-corrected chi connectivity index (χ2v) is 11.5. The number of rotatable bonds is 13. The van der Waals surface area contributed by atoms with Gasteiger partial charge in [-0.3, -0.25) is 24.6 Å². The van der Waals surface area contributed by atoms with E-state index < -0.39 is 36.5 Å². The largest absolute Gasteiger partial charge is 0.370 e. The Morgan fingerprint density at radius 1 is 1.02 bits per heavy atom. The molecule has 1 aromatic carbocycles. The highest BCUT2D eigenvalue weighted by molar-refractivity contribution is 9.10. The average molecular weight is 624 g/mol. The lowest BCUT2D eigenvalue weighted by atomic mass is 9.84. The lowest BCUT2D eigenvalue weighted by Gasteiger charge is -2.32. The highest BCUT2D eigenvalue weighted by Crippen LogP contribution is 2.29. The van der Waals surface area contributed by atoms with Crippen LogP contribution in [0.1, 0.15) is 74.6 Å². The molecule has 3 amide bonds. The Balaban J connectivity index is 1.71. The minimum atomic E-state index is -1.22. The van der Waals surface area contributed by atoms with E-state index in [1.54, 1.807) is 24.3 Å². The molecule has 10 nitrogen and oxygen atoms in total. The molecule has 0 spiro atoms. The monoisotopic (exact) mass is 622 g/mol. The van der Waals surface area contributed by atoms with Gasteiger partial charge in [0.1, 0.15) is 18.8 Å². The van der Waals surface area contributed by atoms with E-state index in [4.69, 9.17) is 11.1 Å². The standard InChI is InChI=1S/C28H40BrFN6O4/c29-20-12-10-19(11-13-20)25(38)35-22(16-18-6-2-1-3-7-18)27(40)36-15-5-9-23(36)26(39)34-21(24(37)17-30)8-4-14-33-28(31)32/h10-13,18,21-23H,1-9,14-17H2,(H,34,39)(H,35,38)(H4,31,32,33)/t21?,22?,23-/m0/s1. The molecule has 0 aromatic heterocycles. The van der Waals surface area contributed by atoms with Gasteiger partial charge in [0.05, 0.1) is 6.04 Å². The number of alkyl halides is 1. The SMILES string of the molecule is N=C(N)NCCCC(NC(=O)[C@@H]1CCCN1C(=O)C(CC1CCCCC1)NC(=O)c1ccc(Br)cc1)C(=O)CF. The number of halogens is 2. The Hall–Kier alpha value is -3.02. The molecule has 2 unspecified atom stereocenters. The summed E-state index contributed by atoms with van der Waals surface area (Å²) >= 11 is 3.36. The molecule has 12 heteroatoms. The van der Waals surface area contributed by atoms with Crippen molar-refractivity contribution in [3.8, 4) is 0 Å². The van der Waals surface area contributed by atoms with Crippen LogP contribution in [-0.2, 0) is 14.4 Å². The third-order valence-corrected chi connectivity index (χ3v) is 8.19. The predicted octanol–water partition coefficient (Wildman–Crippen LogP) is 2.80. The first-order valence-electron chi connectivity index (χ1n) is 14.0. The number of nitrogens with one attached hydrogen (secondary N) is 4. The number of nitrogens with zero attached hydrogens (tertiary/aromatic N) is 1. The quantitative estimate of drug-likeness (QED) is 0.129. The summed E-state index contributed by atoms with van der Waals surface area (Å²) in [5, 5.41) is 15.4. The Kier molecular flexibility index (Phi) is 12.4. The van der Waals surface area contributed by atoms with E-state index >= 15 is 0 Å². The summed E-state index contributed by atoms with van der Waals surface area (Å²) in [4.78, 5) is 53.9. The molecule has 1 aliphatic carbocycles. The number of nitrogens with two attached hydrogens (primary N) is 1. The van der Waals surface area contributed by atoms with Gasteiger partial charge in [-0.1, -0.05) is 48.0 Å². The summed E-state index contributed by atoms with van der Waals surface area (Å²) in [5.74, 6) is -1.83. The van der Waals surface area contributed by atoms with Gasteiger partial charge < -0.3 is 26.6 Å². The van der Waals surface area contributed by atoms with Crippen molar-refractivity contribution in [3.05, 3.63) is 34.3 Å². The number of hydrogen-bond donors (Lipinski definition) is 5. The summed E-state index contributed by atoms with van der Waals surface area (Å²) in [7, 11) is 0. The highest BCUT2D eigenvalue weighted by Gasteiger charge is 2.39. The van der Waals surface area contributed by atoms with E-state index in [1.807, 2.05) is 0 Å². The number of likely N-dealkylation sites (tertiary alicyclic amines) is 1.